The SMILES string of the molecule is O=c1[nH]c(=O)n(-c2ccccc2Cl)c(O)c1C=NN1CCCCC1c1cccnc1. The first-order chi connectivity index (χ1) is 14.6. The van der Waals surface area contributed by atoms with Crippen LogP contribution in [0.25, 0.3) is 5.69 Å². The molecule has 0 saturated carbocycles. The lowest BCUT2D eigenvalue weighted by Gasteiger charge is -2.33. The van der Waals surface area contributed by atoms with Crippen LogP contribution in [0.1, 0.15) is 36.4 Å². The van der Waals surface area contributed by atoms with E-state index in [-0.39, 0.29) is 22.3 Å². The molecule has 0 radical (unpaired) electrons. The van der Waals surface area contributed by atoms with Crippen molar-refractivity contribution in [2.24, 2.45) is 5.10 Å². The molecule has 9 heteroatoms. The van der Waals surface area contributed by atoms with E-state index in [4.69, 9.17) is 11.6 Å². The van der Waals surface area contributed by atoms with E-state index in [1.165, 1.54) is 6.21 Å². The fraction of sp³-hybridized carbons (Fsp3) is 0.238. The zero-order valence-corrected chi connectivity index (χ0v) is 16.8. The monoisotopic (exact) mass is 425 g/mol. The van der Waals surface area contributed by atoms with Crippen LogP contribution < -0.4 is 11.2 Å². The predicted molar refractivity (Wildman–Crippen MR) is 114 cm³/mol. The van der Waals surface area contributed by atoms with Crippen LogP contribution in [0.2, 0.25) is 5.02 Å². The molecule has 1 aliphatic heterocycles. The van der Waals surface area contributed by atoms with Crippen molar-refractivity contribution in [2.75, 3.05) is 6.54 Å². The molecule has 0 bridgehead atoms. The number of aromatic nitrogens is 3. The molecule has 4 rings (SSSR count). The van der Waals surface area contributed by atoms with Gasteiger partial charge < -0.3 is 5.11 Å². The van der Waals surface area contributed by atoms with Crippen LogP contribution >= 0.6 is 11.6 Å². The van der Waals surface area contributed by atoms with Crippen molar-refractivity contribution >= 4 is 17.8 Å². The highest BCUT2D eigenvalue weighted by Crippen LogP contribution is 2.30. The van der Waals surface area contributed by atoms with Crippen molar-refractivity contribution in [2.45, 2.75) is 25.3 Å². The second-order valence-electron chi connectivity index (χ2n) is 6.99. The van der Waals surface area contributed by atoms with Gasteiger partial charge in [0.25, 0.3) is 5.56 Å². The normalized spacial score (nSPS) is 16.8. The molecule has 3 heterocycles. The van der Waals surface area contributed by atoms with Gasteiger partial charge in [0, 0.05) is 18.9 Å². The van der Waals surface area contributed by atoms with E-state index in [1.807, 2.05) is 17.1 Å². The number of pyridine rings is 1. The third kappa shape index (κ3) is 3.86. The number of benzene rings is 1. The molecule has 1 atom stereocenters. The second-order valence-corrected chi connectivity index (χ2v) is 7.40. The molecule has 0 spiro atoms. The van der Waals surface area contributed by atoms with Gasteiger partial charge in [-0.05, 0) is 43.0 Å². The quantitative estimate of drug-likeness (QED) is 0.625. The Bertz CT molecular complexity index is 1190. The van der Waals surface area contributed by atoms with Crippen molar-refractivity contribution in [1.29, 1.82) is 0 Å². The molecule has 1 saturated heterocycles. The Kier molecular flexibility index (Phi) is 5.67. The van der Waals surface area contributed by atoms with E-state index in [1.54, 1.807) is 36.7 Å². The van der Waals surface area contributed by atoms with Crippen LogP contribution in [0.15, 0.2) is 63.5 Å². The van der Waals surface area contributed by atoms with Crippen molar-refractivity contribution in [3.05, 3.63) is 85.8 Å². The Morgan fingerprint density at radius 3 is 2.80 bits per heavy atom. The molecule has 1 aliphatic rings. The van der Waals surface area contributed by atoms with Gasteiger partial charge in [0.05, 0.1) is 23.0 Å². The predicted octanol–water partition coefficient (Wildman–Crippen LogP) is 2.84. The number of H-pyrrole nitrogens is 1. The van der Waals surface area contributed by atoms with Gasteiger partial charge in [-0.15, -0.1) is 0 Å². The lowest BCUT2D eigenvalue weighted by atomic mass is 9.98. The summed E-state index contributed by atoms with van der Waals surface area (Å²) in [5.41, 5.74) is -0.328. The van der Waals surface area contributed by atoms with Crippen LogP contribution in [0, 0.1) is 0 Å². The molecule has 30 heavy (non-hydrogen) atoms. The summed E-state index contributed by atoms with van der Waals surface area (Å²) in [6, 6.07) is 10.4. The minimum absolute atomic E-state index is 0.0272. The third-order valence-electron chi connectivity index (χ3n) is 5.09. The molecule has 154 valence electrons. The van der Waals surface area contributed by atoms with E-state index in [0.29, 0.717) is 6.54 Å². The maximum absolute atomic E-state index is 12.4. The van der Waals surface area contributed by atoms with Gasteiger partial charge >= 0.3 is 5.69 Å². The zero-order valence-electron chi connectivity index (χ0n) is 16.0. The van der Waals surface area contributed by atoms with E-state index < -0.39 is 17.1 Å². The smallest absolute Gasteiger partial charge is 0.335 e. The highest BCUT2D eigenvalue weighted by atomic mass is 35.5. The van der Waals surface area contributed by atoms with Crippen molar-refractivity contribution in [3.8, 4) is 11.6 Å². The number of halogens is 1. The van der Waals surface area contributed by atoms with Gasteiger partial charge in [-0.25, -0.2) is 9.36 Å². The van der Waals surface area contributed by atoms with Crippen molar-refractivity contribution < 1.29 is 5.11 Å². The molecule has 2 aromatic heterocycles. The second kappa shape index (κ2) is 8.54. The summed E-state index contributed by atoms with van der Waals surface area (Å²) in [6.07, 6.45) is 7.75. The largest absolute Gasteiger partial charge is 0.493 e. The first-order valence-electron chi connectivity index (χ1n) is 9.60. The number of rotatable bonds is 4. The minimum Gasteiger partial charge on any atom is -0.493 e. The van der Waals surface area contributed by atoms with Crippen LogP contribution in [-0.2, 0) is 0 Å². The summed E-state index contributed by atoms with van der Waals surface area (Å²) < 4.78 is 0.958. The van der Waals surface area contributed by atoms with Crippen LogP contribution in [0.3, 0.4) is 0 Å². The van der Waals surface area contributed by atoms with Gasteiger partial charge in [0.2, 0.25) is 5.88 Å². The number of para-hydroxylation sites is 1. The highest BCUT2D eigenvalue weighted by Gasteiger charge is 2.23. The molecule has 0 aliphatic carbocycles. The van der Waals surface area contributed by atoms with Gasteiger partial charge in [-0.1, -0.05) is 29.8 Å². The summed E-state index contributed by atoms with van der Waals surface area (Å²) in [5.74, 6) is -0.518. The van der Waals surface area contributed by atoms with Gasteiger partial charge in [-0.2, -0.15) is 5.10 Å². The molecular weight excluding hydrogens is 406 g/mol. The lowest BCUT2D eigenvalue weighted by molar-refractivity contribution is 0.156. The Labute approximate surface area is 177 Å². The number of nitrogens with one attached hydrogen (secondary N) is 1. The fourth-order valence-corrected chi connectivity index (χ4v) is 3.83. The third-order valence-corrected chi connectivity index (χ3v) is 5.41. The van der Waals surface area contributed by atoms with Gasteiger partial charge in [0.15, 0.2) is 0 Å². The molecule has 1 fully saturated rings. The Hall–Kier alpha value is -3.39. The summed E-state index contributed by atoms with van der Waals surface area (Å²) in [7, 11) is 0. The number of hydrazone groups is 1. The maximum Gasteiger partial charge on any atom is 0.335 e. The number of nitrogens with zero attached hydrogens (tertiary/aromatic N) is 4. The molecule has 0 amide bonds. The van der Waals surface area contributed by atoms with E-state index in [0.717, 1.165) is 29.4 Å². The average Bonchev–Trinajstić information content (AvgIpc) is 2.75. The number of hydrogen-bond acceptors (Lipinski definition) is 6. The number of aromatic hydroxyl groups is 1. The van der Waals surface area contributed by atoms with Gasteiger partial charge in [0.1, 0.15) is 5.56 Å². The van der Waals surface area contributed by atoms with Crippen molar-refractivity contribution in [3.63, 3.8) is 0 Å². The van der Waals surface area contributed by atoms with E-state index in [9.17, 15) is 14.7 Å². The van der Waals surface area contributed by atoms with Crippen LogP contribution in [-0.4, -0.2) is 37.4 Å². The summed E-state index contributed by atoms with van der Waals surface area (Å²) in [4.78, 5) is 31.1. The molecule has 8 nitrogen and oxygen atoms in total. The fourth-order valence-electron chi connectivity index (χ4n) is 3.61. The Morgan fingerprint density at radius 1 is 1.20 bits per heavy atom. The Morgan fingerprint density at radius 2 is 2.03 bits per heavy atom. The van der Waals surface area contributed by atoms with Gasteiger partial charge in [-0.3, -0.25) is 19.8 Å². The number of piperidine rings is 1. The standard InChI is InChI=1S/C21H20ClN5O3/c22-16-7-1-2-9-18(16)27-20(29)15(19(28)25-21(27)30)13-24-26-11-4-3-8-17(26)14-6-5-10-23-12-14/h1-2,5-7,9-10,12-13,17,29H,3-4,8,11H2,(H,25,28,30). The van der Waals surface area contributed by atoms with E-state index >= 15 is 0 Å². The lowest BCUT2D eigenvalue weighted by Crippen LogP contribution is -2.32. The minimum atomic E-state index is -0.783. The Balaban J connectivity index is 1.73. The average molecular weight is 426 g/mol. The summed E-state index contributed by atoms with van der Waals surface area (Å²) in [6.45, 7) is 0.707. The highest BCUT2D eigenvalue weighted by molar-refractivity contribution is 6.32. The first-order valence-corrected chi connectivity index (χ1v) is 9.98. The molecule has 1 unspecified atom stereocenters. The maximum atomic E-state index is 12.4. The molecule has 3 aromatic rings. The zero-order chi connectivity index (χ0) is 21.1. The van der Waals surface area contributed by atoms with Crippen LogP contribution in [0.4, 0.5) is 0 Å². The topological polar surface area (TPSA) is 104 Å². The first kappa shape index (κ1) is 19.9. The van der Waals surface area contributed by atoms with Crippen LogP contribution in [0.5, 0.6) is 5.88 Å². The molecule has 1 aromatic carbocycles. The van der Waals surface area contributed by atoms with Crippen molar-refractivity contribution in [1.82, 2.24) is 19.5 Å². The molecule has 2 N–H and O–H groups in total. The number of aromatic amines is 1. The molecular formula is C21H20ClN5O3. The number of hydrogen-bond donors (Lipinski definition) is 2. The summed E-state index contributed by atoms with van der Waals surface area (Å²) >= 11 is 6.17. The summed E-state index contributed by atoms with van der Waals surface area (Å²) in [5, 5.41) is 17.3. The van der Waals surface area contributed by atoms with E-state index in [2.05, 4.69) is 15.1 Å².